The number of rotatable bonds is 4. The number of H-pyrrole nitrogens is 1. The van der Waals surface area contributed by atoms with Gasteiger partial charge in [0.25, 0.3) is 0 Å². The molecule has 1 saturated carbocycles. The molecule has 0 aliphatic heterocycles. The van der Waals surface area contributed by atoms with Gasteiger partial charge in [-0.2, -0.15) is 0 Å². The van der Waals surface area contributed by atoms with Gasteiger partial charge in [0.2, 0.25) is 0 Å². The van der Waals surface area contributed by atoms with Crippen LogP contribution in [0.2, 0.25) is 5.15 Å². The molecule has 0 unspecified atom stereocenters. The summed E-state index contributed by atoms with van der Waals surface area (Å²) in [5.41, 5.74) is 0.941. The second kappa shape index (κ2) is 4.78. The first kappa shape index (κ1) is 11.8. The number of nitrogens with one attached hydrogen (secondary N) is 1. The summed E-state index contributed by atoms with van der Waals surface area (Å²) in [6.07, 6.45) is 3.87. The van der Waals surface area contributed by atoms with E-state index in [0.717, 1.165) is 29.3 Å². The highest BCUT2D eigenvalue weighted by Gasteiger charge is 2.28. The Morgan fingerprint density at radius 3 is 3.00 bits per heavy atom. The molecule has 1 aliphatic carbocycles. The quantitative estimate of drug-likeness (QED) is 0.690. The fourth-order valence-corrected chi connectivity index (χ4v) is 2.75. The van der Waals surface area contributed by atoms with Crippen LogP contribution in [0.5, 0.6) is 0 Å². The van der Waals surface area contributed by atoms with Crippen LogP contribution in [0.3, 0.4) is 0 Å². The molecule has 5 nitrogen and oxygen atoms in total. The molecule has 1 aliphatic rings. The number of thioether (sulfide) groups is 1. The number of hydrogen-bond acceptors (Lipinski definition) is 4. The lowest BCUT2D eigenvalue weighted by Gasteiger charge is -2.03. The predicted octanol–water partition coefficient (Wildman–Crippen LogP) is 2.25. The van der Waals surface area contributed by atoms with Gasteiger partial charge < -0.3 is 0 Å². The summed E-state index contributed by atoms with van der Waals surface area (Å²) in [5.74, 6) is 0.723. The van der Waals surface area contributed by atoms with Crippen LogP contribution in [0.15, 0.2) is 28.3 Å². The van der Waals surface area contributed by atoms with E-state index in [-0.39, 0.29) is 5.69 Å². The zero-order valence-corrected chi connectivity index (χ0v) is 11.0. The number of halogens is 1. The smallest absolute Gasteiger partial charge is 0.267 e. The van der Waals surface area contributed by atoms with Crippen molar-refractivity contribution in [3.8, 4) is 0 Å². The molecule has 0 atom stereocenters. The number of aromatic nitrogens is 4. The summed E-state index contributed by atoms with van der Waals surface area (Å²) in [4.78, 5) is 15.6. The highest BCUT2D eigenvalue weighted by Crippen LogP contribution is 2.36. The zero-order chi connectivity index (χ0) is 12.5. The fourth-order valence-electron chi connectivity index (χ4n) is 1.69. The van der Waals surface area contributed by atoms with Gasteiger partial charge >= 0.3 is 5.69 Å². The first-order valence-electron chi connectivity index (χ1n) is 5.64. The first-order valence-corrected chi connectivity index (χ1v) is 7.00. The molecule has 0 bridgehead atoms. The van der Waals surface area contributed by atoms with Crippen molar-refractivity contribution in [2.24, 2.45) is 0 Å². The van der Waals surface area contributed by atoms with E-state index in [1.807, 2.05) is 6.07 Å². The van der Waals surface area contributed by atoms with Crippen molar-refractivity contribution in [1.82, 2.24) is 19.7 Å². The maximum absolute atomic E-state index is 11.6. The molecule has 0 radical (unpaired) electrons. The third kappa shape index (κ3) is 2.44. The van der Waals surface area contributed by atoms with Crippen molar-refractivity contribution in [2.45, 2.75) is 29.8 Å². The van der Waals surface area contributed by atoms with Gasteiger partial charge in [-0.1, -0.05) is 29.4 Å². The second-order valence-electron chi connectivity index (χ2n) is 4.19. The molecule has 0 spiro atoms. The summed E-state index contributed by atoms with van der Waals surface area (Å²) in [7, 11) is 0. The van der Waals surface area contributed by atoms with Crippen LogP contribution in [-0.2, 0) is 5.75 Å². The third-order valence-corrected chi connectivity index (χ3v) is 3.99. The summed E-state index contributed by atoms with van der Waals surface area (Å²) in [6, 6.07) is 4.02. The minimum atomic E-state index is -0.116. The van der Waals surface area contributed by atoms with Crippen molar-refractivity contribution >= 4 is 23.4 Å². The Morgan fingerprint density at radius 2 is 2.33 bits per heavy atom. The molecule has 1 N–H and O–H groups in total. The predicted molar refractivity (Wildman–Crippen MR) is 69.9 cm³/mol. The number of hydrogen-bond donors (Lipinski definition) is 1. The Bertz CT molecular complexity index is 602. The Morgan fingerprint density at radius 1 is 1.50 bits per heavy atom. The Labute approximate surface area is 113 Å². The molecular weight excluding hydrogens is 272 g/mol. The van der Waals surface area contributed by atoms with E-state index in [1.54, 1.807) is 16.8 Å². The van der Waals surface area contributed by atoms with Gasteiger partial charge in [-0.15, -0.1) is 5.10 Å². The average Bonchev–Trinajstić information content (AvgIpc) is 3.13. The van der Waals surface area contributed by atoms with Crippen molar-refractivity contribution < 1.29 is 0 Å². The van der Waals surface area contributed by atoms with Crippen LogP contribution in [0.25, 0.3) is 0 Å². The van der Waals surface area contributed by atoms with Crippen LogP contribution in [0.1, 0.15) is 24.4 Å². The lowest BCUT2D eigenvalue weighted by Crippen LogP contribution is -2.16. The van der Waals surface area contributed by atoms with Crippen LogP contribution in [-0.4, -0.2) is 19.7 Å². The maximum atomic E-state index is 11.6. The Hall–Kier alpha value is -1.27. The molecule has 3 rings (SSSR count). The maximum Gasteiger partial charge on any atom is 0.344 e. The van der Waals surface area contributed by atoms with E-state index >= 15 is 0 Å². The molecule has 1 fully saturated rings. The molecule has 0 saturated heterocycles. The molecular formula is C11H11ClN4OS. The second-order valence-corrected chi connectivity index (χ2v) is 5.52. The van der Waals surface area contributed by atoms with Crippen LogP contribution in [0, 0.1) is 0 Å². The molecule has 7 heteroatoms. The lowest BCUT2D eigenvalue weighted by atomic mass is 10.3. The minimum absolute atomic E-state index is 0.116. The van der Waals surface area contributed by atoms with Crippen molar-refractivity contribution in [3.05, 3.63) is 39.5 Å². The summed E-state index contributed by atoms with van der Waals surface area (Å²) in [5, 5.41) is 7.79. The SMILES string of the molecule is O=c1[nH]nc(SCc2ccc(Cl)nc2)n1C1CC1. The number of nitrogens with zero attached hydrogens (tertiary/aromatic N) is 3. The van der Waals surface area contributed by atoms with E-state index in [4.69, 9.17) is 11.6 Å². The van der Waals surface area contributed by atoms with Gasteiger partial charge in [0.1, 0.15) is 5.15 Å². The first-order chi connectivity index (χ1) is 8.74. The molecule has 0 amide bonds. The monoisotopic (exact) mass is 282 g/mol. The molecule has 2 heterocycles. The molecule has 0 aromatic carbocycles. The minimum Gasteiger partial charge on any atom is -0.267 e. The van der Waals surface area contributed by atoms with Crippen molar-refractivity contribution in [3.63, 3.8) is 0 Å². The summed E-state index contributed by atoms with van der Waals surface area (Å²) >= 11 is 7.26. The van der Waals surface area contributed by atoms with E-state index < -0.39 is 0 Å². The number of pyridine rings is 1. The molecule has 2 aromatic heterocycles. The van der Waals surface area contributed by atoms with Gasteiger partial charge in [0, 0.05) is 18.0 Å². The van der Waals surface area contributed by atoms with Crippen LogP contribution >= 0.6 is 23.4 Å². The normalized spacial score (nSPS) is 14.9. The van der Waals surface area contributed by atoms with Crippen molar-refractivity contribution in [2.75, 3.05) is 0 Å². The van der Waals surface area contributed by atoms with Gasteiger partial charge in [0.15, 0.2) is 5.16 Å². The van der Waals surface area contributed by atoms with E-state index in [0.29, 0.717) is 11.2 Å². The van der Waals surface area contributed by atoms with Gasteiger partial charge in [0.05, 0.1) is 0 Å². The summed E-state index contributed by atoms with van der Waals surface area (Å²) < 4.78 is 1.74. The van der Waals surface area contributed by atoms with Crippen molar-refractivity contribution in [1.29, 1.82) is 0 Å². The summed E-state index contributed by atoms with van der Waals surface area (Å²) in [6.45, 7) is 0. The lowest BCUT2D eigenvalue weighted by molar-refractivity contribution is 0.642. The highest BCUT2D eigenvalue weighted by molar-refractivity contribution is 7.98. The fraction of sp³-hybridized carbons (Fsp3) is 0.364. The Balaban J connectivity index is 1.73. The van der Waals surface area contributed by atoms with Gasteiger partial charge in [-0.3, -0.25) is 4.57 Å². The topological polar surface area (TPSA) is 63.6 Å². The largest absolute Gasteiger partial charge is 0.344 e. The van der Waals surface area contributed by atoms with Crippen LogP contribution in [0.4, 0.5) is 0 Å². The average molecular weight is 283 g/mol. The zero-order valence-electron chi connectivity index (χ0n) is 9.47. The highest BCUT2D eigenvalue weighted by atomic mass is 35.5. The number of aromatic amines is 1. The Kier molecular flexibility index (Phi) is 3.13. The van der Waals surface area contributed by atoms with Gasteiger partial charge in [-0.25, -0.2) is 14.9 Å². The van der Waals surface area contributed by atoms with Crippen LogP contribution < -0.4 is 5.69 Å². The molecule has 2 aromatic rings. The molecule has 18 heavy (non-hydrogen) atoms. The van der Waals surface area contributed by atoms with E-state index in [2.05, 4.69) is 15.2 Å². The standard InChI is InChI=1S/C11H11ClN4OS/c12-9-4-1-7(5-13-9)6-18-11-15-14-10(17)16(11)8-2-3-8/h1,4-5,8H,2-3,6H2,(H,14,17). The van der Waals surface area contributed by atoms with E-state index in [1.165, 1.54) is 11.8 Å². The third-order valence-electron chi connectivity index (χ3n) is 2.74. The van der Waals surface area contributed by atoms with Gasteiger partial charge in [-0.05, 0) is 24.5 Å². The van der Waals surface area contributed by atoms with E-state index in [9.17, 15) is 4.79 Å². The molecule has 94 valence electrons.